The van der Waals surface area contributed by atoms with Gasteiger partial charge in [-0.15, -0.1) is 0 Å². The van der Waals surface area contributed by atoms with Crippen molar-refractivity contribution >= 4 is 5.91 Å². The van der Waals surface area contributed by atoms with Gasteiger partial charge in [0.15, 0.2) is 5.82 Å². The van der Waals surface area contributed by atoms with E-state index in [2.05, 4.69) is 20.0 Å². The van der Waals surface area contributed by atoms with Crippen molar-refractivity contribution in [1.82, 2.24) is 15.5 Å². The highest BCUT2D eigenvalue weighted by molar-refractivity contribution is 5.79. The molecule has 1 aromatic rings. The van der Waals surface area contributed by atoms with Gasteiger partial charge in [0, 0.05) is 6.04 Å². The number of carbonyl (C=O) groups excluding carboxylic acids is 1. The lowest BCUT2D eigenvalue weighted by atomic mass is 9.84. The minimum atomic E-state index is -0.0688. The quantitative estimate of drug-likeness (QED) is 0.765. The summed E-state index contributed by atoms with van der Waals surface area (Å²) >= 11 is 0. The SMILES string of the molecule is NC1CCCCC1C(=O)NCc1ncon1. The minimum absolute atomic E-state index is 0.00278. The normalized spacial score (nSPS) is 25.3. The molecular weight excluding hydrogens is 208 g/mol. The van der Waals surface area contributed by atoms with Crippen LogP contribution in [0, 0.1) is 5.92 Å². The van der Waals surface area contributed by atoms with Crippen LogP contribution >= 0.6 is 0 Å². The van der Waals surface area contributed by atoms with Crippen molar-refractivity contribution in [3.63, 3.8) is 0 Å². The van der Waals surface area contributed by atoms with Gasteiger partial charge in [-0.1, -0.05) is 18.0 Å². The molecule has 88 valence electrons. The van der Waals surface area contributed by atoms with Crippen molar-refractivity contribution in [2.45, 2.75) is 38.3 Å². The predicted molar refractivity (Wildman–Crippen MR) is 56.1 cm³/mol. The molecular formula is C10H16N4O2. The van der Waals surface area contributed by atoms with Crippen molar-refractivity contribution < 1.29 is 9.32 Å². The molecule has 1 aromatic heterocycles. The third-order valence-electron chi connectivity index (χ3n) is 2.98. The molecule has 1 aliphatic rings. The van der Waals surface area contributed by atoms with Gasteiger partial charge < -0.3 is 15.6 Å². The topological polar surface area (TPSA) is 94.0 Å². The predicted octanol–water partition coefficient (Wildman–Crippen LogP) is 0.203. The number of hydrogen-bond acceptors (Lipinski definition) is 5. The van der Waals surface area contributed by atoms with Crippen LogP contribution in [0.5, 0.6) is 0 Å². The molecule has 1 heterocycles. The van der Waals surface area contributed by atoms with Crippen LogP contribution in [0.2, 0.25) is 0 Å². The Labute approximate surface area is 93.6 Å². The Balaban J connectivity index is 1.83. The van der Waals surface area contributed by atoms with E-state index in [-0.39, 0.29) is 17.9 Å². The van der Waals surface area contributed by atoms with Crippen molar-refractivity contribution in [1.29, 1.82) is 0 Å². The molecule has 1 aliphatic carbocycles. The van der Waals surface area contributed by atoms with Crippen LogP contribution in [0.3, 0.4) is 0 Å². The van der Waals surface area contributed by atoms with Crippen LogP contribution in [-0.2, 0) is 11.3 Å². The number of amides is 1. The highest BCUT2D eigenvalue weighted by atomic mass is 16.5. The third kappa shape index (κ3) is 2.57. The second-order valence-electron chi connectivity index (χ2n) is 4.12. The van der Waals surface area contributed by atoms with E-state index in [0.29, 0.717) is 12.4 Å². The smallest absolute Gasteiger partial charge is 0.225 e. The van der Waals surface area contributed by atoms with Gasteiger partial charge in [-0.25, -0.2) is 0 Å². The third-order valence-corrected chi connectivity index (χ3v) is 2.98. The van der Waals surface area contributed by atoms with Gasteiger partial charge in [-0.2, -0.15) is 4.98 Å². The first kappa shape index (κ1) is 11.1. The molecule has 0 aliphatic heterocycles. The van der Waals surface area contributed by atoms with Crippen molar-refractivity contribution in [3.05, 3.63) is 12.2 Å². The first-order valence-electron chi connectivity index (χ1n) is 5.56. The maximum Gasteiger partial charge on any atom is 0.225 e. The Morgan fingerprint density at radius 2 is 2.38 bits per heavy atom. The van der Waals surface area contributed by atoms with Gasteiger partial charge in [0.2, 0.25) is 12.3 Å². The second-order valence-corrected chi connectivity index (χ2v) is 4.12. The van der Waals surface area contributed by atoms with Gasteiger partial charge >= 0.3 is 0 Å². The summed E-state index contributed by atoms with van der Waals surface area (Å²) in [6.45, 7) is 0.304. The fourth-order valence-corrected chi connectivity index (χ4v) is 2.05. The standard InChI is InChI=1S/C10H16N4O2/c11-8-4-2-1-3-7(8)10(15)12-5-9-13-6-16-14-9/h6-8H,1-5,11H2,(H,12,15). The van der Waals surface area contributed by atoms with E-state index in [4.69, 9.17) is 5.73 Å². The number of hydrogen-bond donors (Lipinski definition) is 2. The Hall–Kier alpha value is -1.43. The average Bonchev–Trinajstić information content (AvgIpc) is 2.79. The molecule has 6 nitrogen and oxygen atoms in total. The number of carbonyl (C=O) groups is 1. The highest BCUT2D eigenvalue weighted by Crippen LogP contribution is 2.22. The van der Waals surface area contributed by atoms with Gasteiger partial charge in [0.05, 0.1) is 12.5 Å². The summed E-state index contributed by atoms with van der Waals surface area (Å²) in [4.78, 5) is 15.7. The molecule has 16 heavy (non-hydrogen) atoms. The zero-order valence-corrected chi connectivity index (χ0v) is 9.06. The number of nitrogens with zero attached hydrogens (tertiary/aromatic N) is 2. The molecule has 2 unspecified atom stereocenters. The Kier molecular flexibility index (Phi) is 3.51. The molecule has 0 radical (unpaired) electrons. The van der Waals surface area contributed by atoms with E-state index in [1.54, 1.807) is 0 Å². The van der Waals surface area contributed by atoms with Crippen LogP contribution in [0.4, 0.5) is 0 Å². The molecule has 0 saturated heterocycles. The molecule has 0 bridgehead atoms. The summed E-state index contributed by atoms with van der Waals surface area (Å²) < 4.78 is 4.58. The summed E-state index contributed by atoms with van der Waals surface area (Å²) in [7, 11) is 0. The number of nitrogens with one attached hydrogen (secondary N) is 1. The number of rotatable bonds is 3. The summed E-state index contributed by atoms with van der Waals surface area (Å²) in [6.07, 6.45) is 5.25. The molecule has 6 heteroatoms. The van der Waals surface area contributed by atoms with E-state index in [1.165, 1.54) is 6.39 Å². The Morgan fingerprint density at radius 1 is 1.56 bits per heavy atom. The van der Waals surface area contributed by atoms with E-state index in [1.807, 2.05) is 0 Å². The maximum absolute atomic E-state index is 11.8. The first-order chi connectivity index (χ1) is 7.77. The van der Waals surface area contributed by atoms with Gasteiger partial charge in [0.1, 0.15) is 0 Å². The van der Waals surface area contributed by atoms with Gasteiger partial charge in [-0.05, 0) is 12.8 Å². The first-order valence-corrected chi connectivity index (χ1v) is 5.56. The van der Waals surface area contributed by atoms with E-state index in [0.717, 1.165) is 25.7 Å². The van der Waals surface area contributed by atoms with Crippen LogP contribution < -0.4 is 11.1 Å². The lowest BCUT2D eigenvalue weighted by Crippen LogP contribution is -2.43. The van der Waals surface area contributed by atoms with Crippen molar-refractivity contribution in [2.75, 3.05) is 0 Å². The fourth-order valence-electron chi connectivity index (χ4n) is 2.05. The van der Waals surface area contributed by atoms with E-state index < -0.39 is 0 Å². The minimum Gasteiger partial charge on any atom is -0.348 e. The van der Waals surface area contributed by atoms with Crippen LogP contribution in [0.15, 0.2) is 10.9 Å². The zero-order chi connectivity index (χ0) is 11.4. The number of aromatic nitrogens is 2. The molecule has 3 N–H and O–H groups in total. The number of nitrogens with two attached hydrogens (primary N) is 1. The van der Waals surface area contributed by atoms with E-state index in [9.17, 15) is 4.79 Å². The van der Waals surface area contributed by atoms with E-state index >= 15 is 0 Å². The Bertz CT molecular complexity index is 339. The zero-order valence-electron chi connectivity index (χ0n) is 9.06. The van der Waals surface area contributed by atoms with Gasteiger partial charge in [-0.3, -0.25) is 4.79 Å². The lowest BCUT2D eigenvalue weighted by Gasteiger charge is -2.27. The second kappa shape index (κ2) is 5.07. The molecule has 2 rings (SSSR count). The molecule has 1 amide bonds. The van der Waals surface area contributed by atoms with Gasteiger partial charge in [0.25, 0.3) is 0 Å². The van der Waals surface area contributed by atoms with Crippen molar-refractivity contribution in [2.24, 2.45) is 11.7 Å². The fraction of sp³-hybridized carbons (Fsp3) is 0.700. The lowest BCUT2D eigenvalue weighted by molar-refractivity contribution is -0.126. The Morgan fingerprint density at radius 3 is 3.06 bits per heavy atom. The summed E-state index contributed by atoms with van der Waals surface area (Å²) in [5.74, 6) is 0.412. The maximum atomic E-state index is 11.8. The largest absolute Gasteiger partial charge is 0.348 e. The van der Waals surface area contributed by atoms with Crippen LogP contribution in [0.25, 0.3) is 0 Å². The molecule has 2 atom stereocenters. The average molecular weight is 224 g/mol. The summed E-state index contributed by atoms with van der Waals surface area (Å²) in [5, 5.41) is 6.40. The highest BCUT2D eigenvalue weighted by Gasteiger charge is 2.27. The van der Waals surface area contributed by atoms with Crippen molar-refractivity contribution in [3.8, 4) is 0 Å². The molecule has 0 spiro atoms. The molecule has 0 aromatic carbocycles. The van der Waals surface area contributed by atoms with Crippen LogP contribution in [0.1, 0.15) is 31.5 Å². The summed E-state index contributed by atoms with van der Waals surface area (Å²) in [5.41, 5.74) is 5.92. The summed E-state index contributed by atoms with van der Waals surface area (Å²) in [6, 6.07) is -0.0148. The monoisotopic (exact) mass is 224 g/mol. The molecule has 1 saturated carbocycles. The molecule has 1 fully saturated rings. The van der Waals surface area contributed by atoms with Crippen LogP contribution in [-0.4, -0.2) is 22.1 Å².